The maximum atomic E-state index is 11.9. The number of ether oxygens (including phenoxy) is 2. The molecule has 2 N–H and O–H groups in total. The van der Waals surface area contributed by atoms with Crippen molar-refractivity contribution in [2.75, 3.05) is 13.7 Å². The van der Waals surface area contributed by atoms with E-state index in [1.807, 2.05) is 6.07 Å². The molecule has 0 aliphatic heterocycles. The van der Waals surface area contributed by atoms with Crippen molar-refractivity contribution in [3.8, 4) is 17.7 Å². The lowest BCUT2D eigenvalue weighted by Crippen LogP contribution is -2.25. The first-order valence-corrected chi connectivity index (χ1v) is 9.46. The third kappa shape index (κ3) is 5.76. The van der Waals surface area contributed by atoms with Crippen molar-refractivity contribution in [3.05, 3.63) is 49.5 Å². The Morgan fingerprint density at radius 2 is 2.07 bits per heavy atom. The van der Waals surface area contributed by atoms with Crippen LogP contribution < -0.4 is 10.2 Å². The van der Waals surface area contributed by atoms with Crippen LogP contribution in [0.5, 0.6) is 11.6 Å². The number of nitriles is 1. The van der Waals surface area contributed by atoms with Gasteiger partial charge in [0.15, 0.2) is 6.61 Å². The summed E-state index contributed by atoms with van der Waals surface area (Å²) in [5.74, 6) is -0.380. The highest BCUT2D eigenvalue weighted by atomic mass is 79.9. The number of aromatic hydroxyl groups is 1. The summed E-state index contributed by atoms with van der Waals surface area (Å²) in [5.41, 5.74) is 4.47. The highest BCUT2D eigenvalue weighted by molar-refractivity contribution is 9.11. The molecule has 8 nitrogen and oxygen atoms in total. The molecule has 0 spiro atoms. The van der Waals surface area contributed by atoms with E-state index in [9.17, 15) is 15.2 Å². The summed E-state index contributed by atoms with van der Waals surface area (Å²) >= 11 is 6.43. The number of benzene rings is 1. The van der Waals surface area contributed by atoms with E-state index < -0.39 is 5.91 Å². The number of hydrazone groups is 1. The van der Waals surface area contributed by atoms with Crippen molar-refractivity contribution in [3.63, 3.8) is 0 Å². The van der Waals surface area contributed by atoms with Gasteiger partial charge in [-0.3, -0.25) is 4.79 Å². The van der Waals surface area contributed by atoms with Crippen LogP contribution in [0.2, 0.25) is 0 Å². The number of nitrogens with one attached hydrogen (secondary N) is 1. The Morgan fingerprint density at radius 3 is 2.68 bits per heavy atom. The van der Waals surface area contributed by atoms with Gasteiger partial charge in [-0.15, -0.1) is 0 Å². The number of carbonyl (C=O) groups excluding carboxylic acids is 1. The van der Waals surface area contributed by atoms with E-state index in [1.165, 1.54) is 13.3 Å². The number of hydrogen-bond acceptors (Lipinski definition) is 7. The topological polar surface area (TPSA) is 117 Å². The van der Waals surface area contributed by atoms with Crippen LogP contribution in [0.3, 0.4) is 0 Å². The minimum atomic E-state index is -0.520. The molecule has 2 rings (SSSR count). The fourth-order valence-corrected chi connectivity index (χ4v) is 3.43. The normalized spacial score (nSPS) is 10.7. The zero-order chi connectivity index (χ0) is 20.7. The predicted octanol–water partition coefficient (Wildman–Crippen LogP) is 3.17. The molecule has 0 unspecified atom stereocenters. The Morgan fingerprint density at radius 1 is 1.39 bits per heavy atom. The van der Waals surface area contributed by atoms with Crippen molar-refractivity contribution in [1.29, 1.82) is 5.26 Å². The predicted molar refractivity (Wildman–Crippen MR) is 109 cm³/mol. The van der Waals surface area contributed by atoms with Crippen LogP contribution in [0.25, 0.3) is 0 Å². The van der Waals surface area contributed by atoms with Crippen LogP contribution in [0.15, 0.2) is 32.2 Å². The number of aromatic nitrogens is 1. The second-order valence-electron chi connectivity index (χ2n) is 5.56. The molecular formula is C18H16Br2N4O4. The van der Waals surface area contributed by atoms with Crippen LogP contribution in [-0.2, 0) is 16.1 Å². The van der Waals surface area contributed by atoms with Gasteiger partial charge in [0.05, 0.1) is 21.8 Å². The Hall–Kier alpha value is -2.48. The number of carbonyl (C=O) groups is 1. The first-order valence-electron chi connectivity index (χ1n) is 7.88. The second kappa shape index (κ2) is 10.2. The number of hydrogen-bond donors (Lipinski definition) is 2. The van der Waals surface area contributed by atoms with Gasteiger partial charge in [0.25, 0.3) is 5.91 Å². The molecule has 0 saturated carbocycles. The molecule has 0 bridgehead atoms. The minimum Gasteiger partial charge on any atom is -0.506 e. The number of nitrogens with zero attached hydrogens (tertiary/aromatic N) is 3. The summed E-state index contributed by atoms with van der Waals surface area (Å²) in [6, 6.07) is 7.03. The average molecular weight is 512 g/mol. The Kier molecular flexibility index (Phi) is 7.92. The van der Waals surface area contributed by atoms with Gasteiger partial charge in [0, 0.05) is 18.4 Å². The second-order valence-corrected chi connectivity index (χ2v) is 7.27. The maximum absolute atomic E-state index is 11.9. The molecule has 28 heavy (non-hydrogen) atoms. The molecule has 1 heterocycles. The van der Waals surface area contributed by atoms with Crippen LogP contribution in [0, 0.1) is 18.3 Å². The zero-order valence-electron chi connectivity index (χ0n) is 15.0. The molecule has 1 aromatic carbocycles. The van der Waals surface area contributed by atoms with Crippen molar-refractivity contribution >= 4 is 44.0 Å². The van der Waals surface area contributed by atoms with Crippen molar-refractivity contribution in [1.82, 2.24) is 10.4 Å². The summed E-state index contributed by atoms with van der Waals surface area (Å²) < 4.78 is 11.4. The number of phenols is 1. The molecule has 0 atom stereocenters. The van der Waals surface area contributed by atoms with Crippen LogP contribution in [0.4, 0.5) is 0 Å². The van der Waals surface area contributed by atoms with E-state index in [4.69, 9.17) is 9.47 Å². The van der Waals surface area contributed by atoms with Gasteiger partial charge in [-0.25, -0.2) is 10.4 Å². The minimum absolute atomic E-state index is 0.0695. The third-order valence-corrected chi connectivity index (χ3v) is 4.60. The number of aryl methyl sites for hydroxylation is 1. The van der Waals surface area contributed by atoms with E-state index >= 15 is 0 Å². The number of amides is 1. The van der Waals surface area contributed by atoms with Gasteiger partial charge in [0.1, 0.15) is 17.4 Å². The molecule has 0 aliphatic carbocycles. The fourth-order valence-electron chi connectivity index (χ4n) is 2.21. The lowest BCUT2D eigenvalue weighted by molar-refractivity contribution is -0.123. The number of halogens is 2. The van der Waals surface area contributed by atoms with Gasteiger partial charge < -0.3 is 14.6 Å². The lowest BCUT2D eigenvalue weighted by atomic mass is 10.1. The zero-order valence-corrected chi connectivity index (χ0v) is 18.2. The van der Waals surface area contributed by atoms with Gasteiger partial charge in [-0.2, -0.15) is 10.4 Å². The standard InChI is InChI=1S/C18H16Br2N4O4/c1-10-3-12(8-27-2)13(6-21)18(23-10)28-9-16(25)24-22-7-11-4-14(19)17(26)15(20)5-11/h3-5,7,26H,8-9H2,1-2H3,(H,24,25)/b22-7-. The third-order valence-electron chi connectivity index (χ3n) is 3.39. The molecule has 0 saturated heterocycles. The molecule has 0 fully saturated rings. The number of pyridine rings is 1. The highest BCUT2D eigenvalue weighted by Gasteiger charge is 2.14. The fraction of sp³-hybridized carbons (Fsp3) is 0.222. The van der Waals surface area contributed by atoms with Gasteiger partial charge in [-0.05, 0) is 62.5 Å². The molecule has 146 valence electrons. The van der Waals surface area contributed by atoms with Gasteiger partial charge >= 0.3 is 0 Å². The van der Waals surface area contributed by atoms with E-state index in [2.05, 4.69) is 47.4 Å². The van der Waals surface area contributed by atoms with Gasteiger partial charge in [-0.1, -0.05) is 0 Å². The number of rotatable bonds is 7. The van der Waals surface area contributed by atoms with Crippen LogP contribution in [0.1, 0.15) is 22.4 Å². The summed E-state index contributed by atoms with van der Waals surface area (Å²) in [6.07, 6.45) is 1.41. The first-order chi connectivity index (χ1) is 13.3. The summed E-state index contributed by atoms with van der Waals surface area (Å²) in [4.78, 5) is 16.1. The summed E-state index contributed by atoms with van der Waals surface area (Å²) in [6.45, 7) is 1.63. The molecule has 1 amide bonds. The van der Waals surface area contributed by atoms with Crippen molar-refractivity contribution in [2.24, 2.45) is 5.10 Å². The molecule has 0 aliphatic rings. The molecule has 2 aromatic rings. The first kappa shape index (κ1) is 21.8. The summed E-state index contributed by atoms with van der Waals surface area (Å²) in [7, 11) is 1.52. The van der Waals surface area contributed by atoms with E-state index in [1.54, 1.807) is 25.1 Å². The Labute approximate surface area is 178 Å². The SMILES string of the molecule is COCc1cc(C)nc(OCC(=O)N/N=C\c2cc(Br)c(O)c(Br)c2)c1C#N. The smallest absolute Gasteiger partial charge is 0.278 e. The molecule has 10 heteroatoms. The molecule has 0 radical (unpaired) electrons. The highest BCUT2D eigenvalue weighted by Crippen LogP contribution is 2.32. The van der Waals surface area contributed by atoms with Crippen LogP contribution >= 0.6 is 31.9 Å². The Balaban J connectivity index is 2.00. The monoisotopic (exact) mass is 510 g/mol. The summed E-state index contributed by atoms with van der Waals surface area (Å²) in [5, 5.41) is 22.9. The van der Waals surface area contributed by atoms with Crippen LogP contribution in [-0.4, -0.2) is 35.9 Å². The van der Waals surface area contributed by atoms with E-state index in [0.29, 0.717) is 25.8 Å². The maximum Gasteiger partial charge on any atom is 0.278 e. The molecule has 1 aromatic heterocycles. The Bertz CT molecular complexity index is 934. The van der Waals surface area contributed by atoms with E-state index in [0.717, 1.165) is 0 Å². The van der Waals surface area contributed by atoms with Crippen molar-refractivity contribution in [2.45, 2.75) is 13.5 Å². The van der Waals surface area contributed by atoms with Crippen molar-refractivity contribution < 1.29 is 19.4 Å². The van der Waals surface area contributed by atoms with E-state index in [-0.39, 0.29) is 30.4 Å². The quantitative estimate of drug-likeness (QED) is 0.435. The van der Waals surface area contributed by atoms with Gasteiger partial charge in [0.2, 0.25) is 5.88 Å². The number of methoxy groups -OCH3 is 1. The lowest BCUT2D eigenvalue weighted by Gasteiger charge is -2.10. The largest absolute Gasteiger partial charge is 0.506 e. The number of phenolic OH excluding ortho intramolecular Hbond substituents is 1. The average Bonchev–Trinajstić information content (AvgIpc) is 2.64. The molecular weight excluding hydrogens is 496 g/mol.